The van der Waals surface area contributed by atoms with Crippen LogP contribution in [0.4, 0.5) is 0 Å². The van der Waals surface area contributed by atoms with E-state index in [0.29, 0.717) is 25.3 Å². The smallest absolute Gasteiger partial charge is 0.343 e. The van der Waals surface area contributed by atoms with E-state index >= 15 is 0 Å². The average molecular weight is 210 g/mol. The Kier molecular flexibility index (Phi) is 2.34. The van der Waals surface area contributed by atoms with Crippen LogP contribution in [0.5, 0.6) is 0 Å². The van der Waals surface area contributed by atoms with Crippen LogP contribution in [0.25, 0.3) is 0 Å². The Labute approximate surface area is 86.9 Å². The van der Waals surface area contributed by atoms with Crippen molar-refractivity contribution in [3.8, 4) is 0 Å². The predicted octanol–water partition coefficient (Wildman–Crippen LogP) is -0.463. The van der Waals surface area contributed by atoms with Gasteiger partial charge in [-0.05, 0) is 6.92 Å². The minimum absolute atomic E-state index is 0.0430. The number of amides is 1. The molecule has 0 aromatic carbocycles. The number of nitrogens with one attached hydrogen (secondary N) is 1. The first-order valence-electron chi connectivity index (χ1n) is 5.02. The summed E-state index contributed by atoms with van der Waals surface area (Å²) < 4.78 is 1.58. The van der Waals surface area contributed by atoms with E-state index in [-0.39, 0.29) is 17.5 Å². The Hall–Kier alpha value is -1.59. The molecule has 2 rings (SSSR count). The normalized spacial score (nSPS) is 21.3. The maximum absolute atomic E-state index is 11.4. The highest BCUT2D eigenvalue weighted by Crippen LogP contribution is 2.24. The molecule has 1 aromatic heterocycles. The summed E-state index contributed by atoms with van der Waals surface area (Å²) in [6, 6.07) is 0. The van der Waals surface area contributed by atoms with E-state index in [1.807, 2.05) is 6.92 Å². The van der Waals surface area contributed by atoms with Crippen LogP contribution in [-0.4, -0.2) is 39.2 Å². The van der Waals surface area contributed by atoms with E-state index in [1.165, 1.54) is 0 Å². The predicted molar refractivity (Wildman–Crippen MR) is 53.5 cm³/mol. The number of hydrogen-bond donors (Lipinski definition) is 1. The molecule has 1 amide bonds. The van der Waals surface area contributed by atoms with Crippen LogP contribution in [0.1, 0.15) is 25.1 Å². The Balaban J connectivity index is 2.31. The van der Waals surface area contributed by atoms with E-state index < -0.39 is 0 Å². The highest BCUT2D eigenvalue weighted by Gasteiger charge is 2.31. The molecule has 6 heteroatoms. The molecule has 82 valence electrons. The van der Waals surface area contributed by atoms with Gasteiger partial charge in [0.1, 0.15) is 5.82 Å². The van der Waals surface area contributed by atoms with Gasteiger partial charge in [0.2, 0.25) is 5.91 Å². The molecule has 1 aliphatic rings. The Morgan fingerprint density at radius 1 is 1.53 bits per heavy atom. The zero-order chi connectivity index (χ0) is 11.0. The molecule has 1 unspecified atom stereocenters. The lowest BCUT2D eigenvalue weighted by Gasteiger charge is -2.09. The summed E-state index contributed by atoms with van der Waals surface area (Å²) in [4.78, 5) is 24.4. The molecule has 0 aliphatic carbocycles. The lowest BCUT2D eigenvalue weighted by Crippen LogP contribution is -2.21. The molecule has 2 heterocycles. The van der Waals surface area contributed by atoms with Crippen molar-refractivity contribution in [2.24, 2.45) is 0 Å². The zero-order valence-electron chi connectivity index (χ0n) is 8.86. The van der Waals surface area contributed by atoms with Gasteiger partial charge in [-0.25, -0.2) is 9.89 Å². The van der Waals surface area contributed by atoms with Gasteiger partial charge in [0.25, 0.3) is 0 Å². The van der Waals surface area contributed by atoms with Crippen LogP contribution in [0, 0.1) is 0 Å². The van der Waals surface area contributed by atoms with Gasteiger partial charge in [-0.15, -0.1) is 0 Å². The quantitative estimate of drug-likeness (QED) is 0.717. The number of hydrogen-bond acceptors (Lipinski definition) is 3. The maximum Gasteiger partial charge on any atom is 0.343 e. The first-order chi connectivity index (χ1) is 7.13. The lowest BCUT2D eigenvalue weighted by atomic mass is 10.1. The van der Waals surface area contributed by atoms with Crippen LogP contribution in [0.15, 0.2) is 4.79 Å². The molecule has 1 atom stereocenters. The molecule has 0 bridgehead atoms. The number of aromatic nitrogens is 3. The van der Waals surface area contributed by atoms with Crippen molar-refractivity contribution in [3.63, 3.8) is 0 Å². The maximum atomic E-state index is 11.4. The number of likely N-dealkylation sites (N-methyl/N-ethyl adjacent to an activating group) is 1. The largest absolute Gasteiger partial charge is 0.345 e. The average Bonchev–Trinajstić information content (AvgIpc) is 2.71. The van der Waals surface area contributed by atoms with E-state index in [1.54, 1.807) is 16.5 Å². The topological polar surface area (TPSA) is 71.0 Å². The molecule has 1 N–H and O–H groups in total. The summed E-state index contributed by atoms with van der Waals surface area (Å²) in [7, 11) is 1.77. The fraction of sp³-hybridized carbons (Fsp3) is 0.667. The van der Waals surface area contributed by atoms with Crippen LogP contribution in [-0.2, 0) is 11.3 Å². The van der Waals surface area contributed by atoms with Gasteiger partial charge >= 0.3 is 5.69 Å². The van der Waals surface area contributed by atoms with Gasteiger partial charge in [-0.1, -0.05) is 0 Å². The van der Waals surface area contributed by atoms with Crippen molar-refractivity contribution in [1.29, 1.82) is 0 Å². The van der Waals surface area contributed by atoms with Gasteiger partial charge in [0.05, 0.1) is 0 Å². The van der Waals surface area contributed by atoms with E-state index in [2.05, 4.69) is 10.2 Å². The minimum atomic E-state index is -0.200. The van der Waals surface area contributed by atoms with Crippen molar-refractivity contribution >= 4 is 5.91 Å². The van der Waals surface area contributed by atoms with Crippen molar-refractivity contribution in [3.05, 3.63) is 16.3 Å². The number of rotatable bonds is 2. The van der Waals surface area contributed by atoms with Crippen LogP contribution in [0.3, 0.4) is 0 Å². The molecule has 1 aliphatic heterocycles. The molecular weight excluding hydrogens is 196 g/mol. The number of H-pyrrole nitrogens is 1. The molecule has 0 radical (unpaired) electrons. The summed E-state index contributed by atoms with van der Waals surface area (Å²) in [6.45, 7) is 3.11. The summed E-state index contributed by atoms with van der Waals surface area (Å²) in [5.74, 6) is 0.847. The number of nitrogens with zero attached hydrogens (tertiary/aromatic N) is 3. The van der Waals surface area contributed by atoms with Gasteiger partial charge < -0.3 is 4.90 Å². The molecule has 0 spiro atoms. The Bertz CT molecular complexity index is 434. The SMILES string of the molecule is CCn1c(C2CC(=O)N(C)C2)n[nH]c1=O. The van der Waals surface area contributed by atoms with Crippen molar-refractivity contribution in [2.75, 3.05) is 13.6 Å². The van der Waals surface area contributed by atoms with Crippen molar-refractivity contribution in [1.82, 2.24) is 19.7 Å². The van der Waals surface area contributed by atoms with Crippen molar-refractivity contribution < 1.29 is 4.79 Å². The number of aromatic amines is 1. The van der Waals surface area contributed by atoms with Crippen molar-refractivity contribution in [2.45, 2.75) is 25.8 Å². The highest BCUT2D eigenvalue weighted by molar-refractivity contribution is 5.79. The second kappa shape index (κ2) is 3.52. The second-order valence-electron chi connectivity index (χ2n) is 3.81. The third-order valence-corrected chi connectivity index (χ3v) is 2.81. The van der Waals surface area contributed by atoms with Gasteiger partial charge in [-0.2, -0.15) is 5.10 Å². The van der Waals surface area contributed by atoms with Gasteiger partial charge in [0, 0.05) is 32.5 Å². The molecule has 0 saturated carbocycles. The summed E-state index contributed by atoms with van der Waals surface area (Å²) in [5, 5.41) is 6.41. The summed E-state index contributed by atoms with van der Waals surface area (Å²) in [5.41, 5.74) is -0.200. The van der Waals surface area contributed by atoms with E-state index in [9.17, 15) is 9.59 Å². The standard InChI is InChI=1S/C9H14N4O2/c1-3-13-8(10-11-9(13)15)6-4-7(14)12(2)5-6/h6H,3-5H2,1-2H3,(H,11,15). The Morgan fingerprint density at radius 2 is 2.27 bits per heavy atom. The number of likely N-dealkylation sites (tertiary alicyclic amines) is 1. The molecule has 6 nitrogen and oxygen atoms in total. The first-order valence-corrected chi connectivity index (χ1v) is 5.02. The fourth-order valence-electron chi connectivity index (χ4n) is 1.98. The lowest BCUT2D eigenvalue weighted by molar-refractivity contribution is -0.126. The molecular formula is C9H14N4O2. The number of carbonyl (C=O) groups excluding carboxylic acids is 1. The van der Waals surface area contributed by atoms with Crippen LogP contribution < -0.4 is 5.69 Å². The monoisotopic (exact) mass is 210 g/mol. The van der Waals surface area contributed by atoms with Gasteiger partial charge in [0.15, 0.2) is 0 Å². The summed E-state index contributed by atoms with van der Waals surface area (Å²) >= 11 is 0. The molecule has 1 saturated heterocycles. The second-order valence-corrected chi connectivity index (χ2v) is 3.81. The zero-order valence-corrected chi connectivity index (χ0v) is 8.86. The third kappa shape index (κ3) is 1.55. The van der Waals surface area contributed by atoms with E-state index in [4.69, 9.17) is 0 Å². The highest BCUT2D eigenvalue weighted by atomic mass is 16.2. The summed E-state index contributed by atoms with van der Waals surface area (Å²) in [6.07, 6.45) is 0.445. The molecule has 15 heavy (non-hydrogen) atoms. The van der Waals surface area contributed by atoms with Crippen LogP contribution >= 0.6 is 0 Å². The van der Waals surface area contributed by atoms with E-state index in [0.717, 1.165) is 0 Å². The molecule has 1 aromatic rings. The fourth-order valence-corrected chi connectivity index (χ4v) is 1.98. The van der Waals surface area contributed by atoms with Gasteiger partial charge in [-0.3, -0.25) is 9.36 Å². The first kappa shape index (κ1) is 9.95. The minimum Gasteiger partial charge on any atom is -0.345 e. The third-order valence-electron chi connectivity index (χ3n) is 2.81. The number of carbonyl (C=O) groups is 1. The Morgan fingerprint density at radius 3 is 2.80 bits per heavy atom. The van der Waals surface area contributed by atoms with Crippen LogP contribution in [0.2, 0.25) is 0 Å². The molecule has 1 fully saturated rings.